The zero-order valence-electron chi connectivity index (χ0n) is 17.4. The van der Waals surface area contributed by atoms with Gasteiger partial charge in [0.25, 0.3) is 5.91 Å². The van der Waals surface area contributed by atoms with Gasteiger partial charge in [-0.3, -0.25) is 4.79 Å². The maximum Gasteiger partial charge on any atom is 0.328 e. The number of halogens is 1. The van der Waals surface area contributed by atoms with Gasteiger partial charge in [0, 0.05) is 16.6 Å². The molecule has 0 aliphatic carbocycles. The van der Waals surface area contributed by atoms with Crippen LogP contribution in [0.1, 0.15) is 35.3 Å². The number of amides is 1. The molecule has 30 heavy (non-hydrogen) atoms. The molecule has 1 atom stereocenters. The molecule has 7 heteroatoms. The van der Waals surface area contributed by atoms with Gasteiger partial charge in [0.1, 0.15) is 18.4 Å². The number of benzene rings is 2. The van der Waals surface area contributed by atoms with Crippen LogP contribution < -0.4 is 4.74 Å². The summed E-state index contributed by atoms with van der Waals surface area (Å²) in [5, 5.41) is 0. The van der Waals surface area contributed by atoms with Gasteiger partial charge in [-0.1, -0.05) is 48.0 Å². The molecule has 1 heterocycles. The highest BCUT2D eigenvalue weighted by molar-refractivity contribution is 9.10. The molecule has 0 bridgehead atoms. The van der Waals surface area contributed by atoms with Gasteiger partial charge < -0.3 is 19.1 Å². The van der Waals surface area contributed by atoms with Crippen LogP contribution in [0.15, 0.2) is 46.9 Å². The fraction of sp³-hybridized carbons (Fsp3) is 0.391. The molecule has 6 nitrogen and oxygen atoms in total. The third kappa shape index (κ3) is 5.21. The van der Waals surface area contributed by atoms with Crippen molar-refractivity contribution in [2.45, 2.75) is 33.0 Å². The number of hydrogen-bond donors (Lipinski definition) is 0. The first-order valence-electron chi connectivity index (χ1n) is 9.87. The lowest BCUT2D eigenvalue weighted by atomic mass is 10.0. The first-order valence-corrected chi connectivity index (χ1v) is 10.7. The SMILES string of the molecule is COC(=O)[C@H](C(C)C)N1Cc2ccc(OCCOCc3ccc(Br)cc3)cc2C1=O. The second-order valence-corrected chi connectivity index (χ2v) is 8.41. The monoisotopic (exact) mass is 475 g/mol. The number of methoxy groups -OCH3 is 1. The van der Waals surface area contributed by atoms with E-state index >= 15 is 0 Å². The Hall–Kier alpha value is -2.38. The fourth-order valence-corrected chi connectivity index (χ4v) is 3.75. The van der Waals surface area contributed by atoms with E-state index in [2.05, 4.69) is 15.9 Å². The van der Waals surface area contributed by atoms with E-state index in [4.69, 9.17) is 14.2 Å². The normalized spacial score (nSPS) is 14.0. The van der Waals surface area contributed by atoms with Crippen LogP contribution in [0.2, 0.25) is 0 Å². The minimum Gasteiger partial charge on any atom is -0.491 e. The molecule has 0 unspecified atom stereocenters. The lowest BCUT2D eigenvalue weighted by Crippen LogP contribution is -2.45. The first kappa shape index (κ1) is 22.3. The molecule has 160 valence electrons. The molecule has 2 aromatic rings. The molecule has 1 amide bonds. The van der Waals surface area contributed by atoms with Crippen molar-refractivity contribution in [2.75, 3.05) is 20.3 Å². The zero-order valence-corrected chi connectivity index (χ0v) is 19.0. The number of carbonyl (C=O) groups is 2. The van der Waals surface area contributed by atoms with Crippen molar-refractivity contribution in [1.82, 2.24) is 4.90 Å². The minimum atomic E-state index is -0.605. The van der Waals surface area contributed by atoms with Crippen molar-refractivity contribution in [1.29, 1.82) is 0 Å². The summed E-state index contributed by atoms with van der Waals surface area (Å²) < 4.78 is 17.3. The van der Waals surface area contributed by atoms with Crippen LogP contribution in [0.25, 0.3) is 0 Å². The Morgan fingerprint density at radius 2 is 1.87 bits per heavy atom. The highest BCUT2D eigenvalue weighted by Crippen LogP contribution is 2.30. The van der Waals surface area contributed by atoms with E-state index in [1.807, 2.05) is 50.2 Å². The maximum absolute atomic E-state index is 12.9. The summed E-state index contributed by atoms with van der Waals surface area (Å²) in [6, 6.07) is 12.8. The van der Waals surface area contributed by atoms with Crippen LogP contribution in [-0.4, -0.2) is 43.1 Å². The second-order valence-electron chi connectivity index (χ2n) is 7.49. The largest absolute Gasteiger partial charge is 0.491 e. The minimum absolute atomic E-state index is 0.0469. The molecule has 0 N–H and O–H groups in total. The molecule has 3 rings (SSSR count). The number of esters is 1. The second kappa shape index (κ2) is 10.1. The number of hydrogen-bond acceptors (Lipinski definition) is 5. The summed E-state index contributed by atoms with van der Waals surface area (Å²) in [5.74, 6) is -0.0127. The van der Waals surface area contributed by atoms with Crippen LogP contribution >= 0.6 is 15.9 Å². The van der Waals surface area contributed by atoms with Crippen molar-refractivity contribution in [3.8, 4) is 5.75 Å². The smallest absolute Gasteiger partial charge is 0.328 e. The Labute approximate surface area is 185 Å². The van der Waals surface area contributed by atoms with Gasteiger partial charge >= 0.3 is 5.97 Å². The lowest BCUT2D eigenvalue weighted by Gasteiger charge is -2.28. The summed E-state index contributed by atoms with van der Waals surface area (Å²) in [6.07, 6.45) is 0. The van der Waals surface area contributed by atoms with E-state index in [-0.39, 0.29) is 11.8 Å². The molecule has 1 aliphatic rings. The highest BCUT2D eigenvalue weighted by Gasteiger charge is 2.38. The van der Waals surface area contributed by atoms with Crippen LogP contribution in [0, 0.1) is 5.92 Å². The summed E-state index contributed by atoms with van der Waals surface area (Å²) >= 11 is 3.41. The van der Waals surface area contributed by atoms with Crippen molar-refractivity contribution < 1.29 is 23.8 Å². The predicted octanol–water partition coefficient (Wildman–Crippen LogP) is 4.20. The number of ether oxygens (including phenoxy) is 3. The Morgan fingerprint density at radius 3 is 2.53 bits per heavy atom. The van der Waals surface area contributed by atoms with Gasteiger partial charge in [0.05, 0.1) is 20.3 Å². The van der Waals surface area contributed by atoms with E-state index in [0.29, 0.717) is 37.7 Å². The number of rotatable bonds is 9. The van der Waals surface area contributed by atoms with Crippen LogP contribution in [-0.2, 0) is 27.4 Å². The van der Waals surface area contributed by atoms with Crippen LogP contribution in [0.4, 0.5) is 0 Å². The van der Waals surface area contributed by atoms with Gasteiger partial charge in [-0.15, -0.1) is 0 Å². The molecule has 1 aliphatic heterocycles. The van der Waals surface area contributed by atoms with Crippen LogP contribution in [0.3, 0.4) is 0 Å². The van der Waals surface area contributed by atoms with E-state index < -0.39 is 12.0 Å². The number of nitrogens with zero attached hydrogens (tertiary/aromatic N) is 1. The van der Waals surface area contributed by atoms with E-state index in [0.717, 1.165) is 15.6 Å². The van der Waals surface area contributed by atoms with E-state index in [9.17, 15) is 9.59 Å². The van der Waals surface area contributed by atoms with Gasteiger partial charge in [0.2, 0.25) is 0 Å². The van der Waals surface area contributed by atoms with Gasteiger partial charge in [-0.25, -0.2) is 4.79 Å². The van der Waals surface area contributed by atoms with Crippen LogP contribution in [0.5, 0.6) is 5.75 Å². The van der Waals surface area contributed by atoms with Gasteiger partial charge in [-0.05, 0) is 41.3 Å². The van der Waals surface area contributed by atoms with Crippen molar-refractivity contribution >= 4 is 27.8 Å². The standard InChI is InChI=1S/C23H26BrNO5/c1-15(2)21(23(27)28-3)25-13-17-6-9-19(12-20(17)22(25)26)30-11-10-29-14-16-4-7-18(24)8-5-16/h4-9,12,15,21H,10-11,13-14H2,1-3H3/t21-/m0/s1. The summed E-state index contributed by atoms with van der Waals surface area (Å²) in [6.45, 7) is 5.53. The molecule has 0 aromatic heterocycles. The average molecular weight is 476 g/mol. The molecule has 0 saturated carbocycles. The summed E-state index contributed by atoms with van der Waals surface area (Å²) in [5.41, 5.74) is 2.54. The number of fused-ring (bicyclic) bond motifs is 1. The molecule has 2 aromatic carbocycles. The number of carbonyl (C=O) groups excluding carboxylic acids is 2. The Bertz CT molecular complexity index is 897. The molecule has 0 fully saturated rings. The summed E-state index contributed by atoms with van der Waals surface area (Å²) in [7, 11) is 1.34. The maximum atomic E-state index is 12.9. The average Bonchev–Trinajstić information content (AvgIpc) is 3.04. The first-order chi connectivity index (χ1) is 14.4. The Kier molecular flexibility index (Phi) is 7.50. The van der Waals surface area contributed by atoms with Crippen molar-refractivity contribution in [2.24, 2.45) is 5.92 Å². The van der Waals surface area contributed by atoms with Gasteiger partial charge in [-0.2, -0.15) is 0 Å². The molecular formula is C23H26BrNO5. The highest BCUT2D eigenvalue weighted by atomic mass is 79.9. The lowest BCUT2D eigenvalue weighted by molar-refractivity contribution is -0.147. The molecule has 0 radical (unpaired) electrons. The van der Waals surface area contributed by atoms with Crippen molar-refractivity contribution in [3.63, 3.8) is 0 Å². The topological polar surface area (TPSA) is 65.1 Å². The Morgan fingerprint density at radius 1 is 1.13 bits per heavy atom. The zero-order chi connectivity index (χ0) is 21.7. The van der Waals surface area contributed by atoms with E-state index in [1.165, 1.54) is 7.11 Å². The predicted molar refractivity (Wildman–Crippen MR) is 116 cm³/mol. The fourth-order valence-electron chi connectivity index (χ4n) is 3.49. The van der Waals surface area contributed by atoms with Crippen molar-refractivity contribution in [3.05, 3.63) is 63.6 Å². The molecule has 0 saturated heterocycles. The molecule has 0 spiro atoms. The Balaban J connectivity index is 1.54. The third-order valence-corrected chi connectivity index (χ3v) is 5.53. The third-order valence-electron chi connectivity index (χ3n) is 5.00. The van der Waals surface area contributed by atoms with E-state index in [1.54, 1.807) is 11.0 Å². The molecular weight excluding hydrogens is 450 g/mol. The quantitative estimate of drug-likeness (QED) is 0.401. The summed E-state index contributed by atoms with van der Waals surface area (Å²) in [4.78, 5) is 26.7. The van der Waals surface area contributed by atoms with Gasteiger partial charge in [0.15, 0.2) is 0 Å².